The minimum absolute atomic E-state index is 0.0158. The van der Waals surface area contributed by atoms with Gasteiger partial charge in [0.05, 0.1) is 5.69 Å². The lowest BCUT2D eigenvalue weighted by atomic mass is 10.1. The Morgan fingerprint density at radius 2 is 1.94 bits per heavy atom. The Balaban J connectivity index is 2.41. The second kappa shape index (κ2) is 3.96. The Labute approximate surface area is 94.5 Å². The highest BCUT2D eigenvalue weighted by Crippen LogP contribution is 2.24. The molecule has 0 atom stereocenters. The number of para-hydroxylation sites is 1. The van der Waals surface area contributed by atoms with Crippen molar-refractivity contribution < 1.29 is 9.59 Å². The molecule has 0 N–H and O–H groups in total. The van der Waals surface area contributed by atoms with Gasteiger partial charge in [-0.2, -0.15) is 0 Å². The number of anilines is 1. The van der Waals surface area contributed by atoms with E-state index < -0.39 is 0 Å². The average molecular weight is 218 g/mol. The quantitative estimate of drug-likeness (QED) is 0.710. The number of carbonyl (C=O) groups excluding carboxylic acids is 2. The maximum Gasteiger partial charge on any atom is 0.324 e. The summed E-state index contributed by atoms with van der Waals surface area (Å²) in [7, 11) is 1.76. The Kier molecular flexibility index (Phi) is 2.64. The number of amides is 2. The molecule has 4 nitrogen and oxygen atoms in total. The van der Waals surface area contributed by atoms with Crippen LogP contribution < -0.4 is 4.90 Å². The van der Waals surface area contributed by atoms with Gasteiger partial charge >= 0.3 is 6.03 Å². The normalized spacial score (nSPS) is 15.8. The third-order valence-corrected chi connectivity index (χ3v) is 2.79. The van der Waals surface area contributed by atoms with Gasteiger partial charge in [0.2, 0.25) is 0 Å². The molecule has 2 amide bonds. The van der Waals surface area contributed by atoms with Gasteiger partial charge < -0.3 is 4.90 Å². The number of carbonyl (C=O) groups is 2. The molecular formula is C12H14N2O2. The number of hydrogen-bond acceptors (Lipinski definition) is 2. The van der Waals surface area contributed by atoms with E-state index in [0.29, 0.717) is 24.3 Å². The van der Waals surface area contributed by atoms with Crippen LogP contribution in [0, 0.1) is 0 Å². The smallest absolute Gasteiger partial charge is 0.324 e. The van der Waals surface area contributed by atoms with Gasteiger partial charge in [-0.25, -0.2) is 4.79 Å². The van der Waals surface area contributed by atoms with Crippen molar-refractivity contribution in [2.45, 2.75) is 6.92 Å². The van der Waals surface area contributed by atoms with Crippen LogP contribution in [-0.4, -0.2) is 36.9 Å². The van der Waals surface area contributed by atoms with Gasteiger partial charge in [0.25, 0.3) is 0 Å². The summed E-state index contributed by atoms with van der Waals surface area (Å²) in [5, 5.41) is 0. The van der Waals surface area contributed by atoms with Crippen LogP contribution in [0.2, 0.25) is 0 Å². The first-order valence-corrected chi connectivity index (χ1v) is 5.24. The van der Waals surface area contributed by atoms with Gasteiger partial charge in [0, 0.05) is 25.7 Å². The highest BCUT2D eigenvalue weighted by molar-refractivity contribution is 6.05. The maximum atomic E-state index is 11.8. The average Bonchev–Trinajstić information content (AvgIpc) is 2.60. The number of hydrogen-bond donors (Lipinski definition) is 0. The number of urea groups is 1. The number of Topliss-reactive ketones (excluding diaryl/α,β-unsaturated/α-hetero) is 1. The Morgan fingerprint density at radius 1 is 1.25 bits per heavy atom. The van der Waals surface area contributed by atoms with E-state index in [0.717, 1.165) is 0 Å². The zero-order chi connectivity index (χ0) is 11.7. The molecule has 0 saturated carbocycles. The largest absolute Gasteiger partial charge is 0.326 e. The molecule has 0 bridgehead atoms. The summed E-state index contributed by atoms with van der Waals surface area (Å²) in [6.07, 6.45) is 0. The molecule has 0 aliphatic carbocycles. The van der Waals surface area contributed by atoms with Gasteiger partial charge in [0.15, 0.2) is 5.78 Å². The molecular weight excluding hydrogens is 204 g/mol. The van der Waals surface area contributed by atoms with Crippen LogP contribution in [-0.2, 0) is 0 Å². The van der Waals surface area contributed by atoms with Crippen molar-refractivity contribution in [2.75, 3.05) is 25.0 Å². The fourth-order valence-corrected chi connectivity index (χ4v) is 1.88. The van der Waals surface area contributed by atoms with Gasteiger partial charge in [-0.15, -0.1) is 0 Å². The lowest BCUT2D eigenvalue weighted by Gasteiger charge is -2.18. The van der Waals surface area contributed by atoms with Crippen LogP contribution in [0.4, 0.5) is 10.5 Å². The highest BCUT2D eigenvalue weighted by atomic mass is 16.2. The first kappa shape index (κ1) is 10.7. The van der Waals surface area contributed by atoms with E-state index >= 15 is 0 Å². The minimum atomic E-state index is -0.0475. The number of likely N-dealkylation sites (N-methyl/N-ethyl adjacent to an activating group) is 1. The predicted molar refractivity (Wildman–Crippen MR) is 61.8 cm³/mol. The van der Waals surface area contributed by atoms with Crippen molar-refractivity contribution in [3.63, 3.8) is 0 Å². The van der Waals surface area contributed by atoms with Gasteiger partial charge in [-0.3, -0.25) is 9.69 Å². The molecule has 1 aromatic rings. The molecule has 0 unspecified atom stereocenters. The van der Waals surface area contributed by atoms with E-state index in [9.17, 15) is 9.59 Å². The topological polar surface area (TPSA) is 40.6 Å². The van der Waals surface area contributed by atoms with Gasteiger partial charge in [-0.1, -0.05) is 12.1 Å². The van der Waals surface area contributed by atoms with E-state index in [-0.39, 0.29) is 11.8 Å². The fraction of sp³-hybridized carbons (Fsp3) is 0.333. The van der Waals surface area contributed by atoms with E-state index in [2.05, 4.69) is 0 Å². The fourth-order valence-electron chi connectivity index (χ4n) is 1.88. The minimum Gasteiger partial charge on any atom is -0.326 e. The summed E-state index contributed by atoms with van der Waals surface area (Å²) in [4.78, 5) is 26.6. The van der Waals surface area contributed by atoms with Crippen LogP contribution in [0.3, 0.4) is 0 Å². The molecule has 1 aliphatic rings. The van der Waals surface area contributed by atoms with E-state index in [1.54, 1.807) is 22.9 Å². The molecule has 16 heavy (non-hydrogen) atoms. The molecule has 1 heterocycles. The molecule has 84 valence electrons. The molecule has 0 spiro atoms. The monoisotopic (exact) mass is 218 g/mol. The van der Waals surface area contributed by atoms with Crippen molar-refractivity contribution >= 4 is 17.5 Å². The number of ketones is 1. The Morgan fingerprint density at radius 3 is 2.50 bits per heavy atom. The van der Waals surface area contributed by atoms with Gasteiger partial charge in [0.1, 0.15) is 0 Å². The third kappa shape index (κ3) is 1.66. The predicted octanol–water partition coefficient (Wildman–Crippen LogP) is 1.76. The van der Waals surface area contributed by atoms with Crippen LogP contribution in [0.1, 0.15) is 17.3 Å². The zero-order valence-corrected chi connectivity index (χ0v) is 9.43. The van der Waals surface area contributed by atoms with Crippen molar-refractivity contribution in [1.82, 2.24) is 4.90 Å². The summed E-state index contributed by atoms with van der Waals surface area (Å²) in [5.74, 6) is -0.0158. The van der Waals surface area contributed by atoms with Crippen molar-refractivity contribution in [3.05, 3.63) is 29.8 Å². The SMILES string of the molecule is CC(=O)c1ccccc1N1CCN(C)C1=O. The first-order valence-electron chi connectivity index (χ1n) is 5.24. The lowest BCUT2D eigenvalue weighted by Crippen LogP contribution is -2.30. The molecule has 1 aliphatic heterocycles. The van der Waals surface area contributed by atoms with Gasteiger partial charge in [-0.05, 0) is 19.1 Å². The summed E-state index contributed by atoms with van der Waals surface area (Å²) in [6.45, 7) is 2.85. The van der Waals surface area contributed by atoms with Crippen molar-refractivity contribution in [1.29, 1.82) is 0 Å². The number of nitrogens with zero attached hydrogens (tertiary/aromatic N) is 2. The number of rotatable bonds is 2. The van der Waals surface area contributed by atoms with Crippen LogP contribution >= 0.6 is 0 Å². The van der Waals surface area contributed by atoms with E-state index in [1.165, 1.54) is 6.92 Å². The van der Waals surface area contributed by atoms with Crippen LogP contribution in [0.15, 0.2) is 24.3 Å². The van der Waals surface area contributed by atoms with Crippen LogP contribution in [0.25, 0.3) is 0 Å². The highest BCUT2D eigenvalue weighted by Gasteiger charge is 2.28. The lowest BCUT2D eigenvalue weighted by molar-refractivity contribution is 0.101. The second-order valence-corrected chi connectivity index (χ2v) is 3.93. The zero-order valence-electron chi connectivity index (χ0n) is 9.43. The summed E-state index contributed by atoms with van der Waals surface area (Å²) in [6, 6.07) is 7.17. The molecule has 0 aromatic heterocycles. The summed E-state index contributed by atoms with van der Waals surface area (Å²) < 4.78 is 0. The molecule has 2 rings (SSSR count). The van der Waals surface area contributed by atoms with Crippen molar-refractivity contribution in [3.8, 4) is 0 Å². The summed E-state index contributed by atoms with van der Waals surface area (Å²) >= 11 is 0. The van der Waals surface area contributed by atoms with E-state index in [4.69, 9.17) is 0 Å². The molecule has 1 fully saturated rings. The Hall–Kier alpha value is -1.84. The molecule has 4 heteroatoms. The second-order valence-electron chi connectivity index (χ2n) is 3.93. The Bertz CT molecular complexity index is 442. The number of benzene rings is 1. The first-order chi connectivity index (χ1) is 7.61. The summed E-state index contributed by atoms with van der Waals surface area (Å²) in [5.41, 5.74) is 1.32. The molecule has 0 radical (unpaired) electrons. The standard InChI is InChI=1S/C12H14N2O2/c1-9(15)10-5-3-4-6-11(10)14-8-7-13(2)12(14)16/h3-6H,7-8H2,1-2H3. The maximum absolute atomic E-state index is 11.8. The molecule has 1 saturated heterocycles. The third-order valence-electron chi connectivity index (χ3n) is 2.79. The van der Waals surface area contributed by atoms with Crippen molar-refractivity contribution in [2.24, 2.45) is 0 Å². The van der Waals surface area contributed by atoms with Crippen LogP contribution in [0.5, 0.6) is 0 Å². The van der Waals surface area contributed by atoms with E-state index in [1.807, 2.05) is 18.2 Å². The molecule has 1 aromatic carbocycles.